The van der Waals surface area contributed by atoms with Gasteiger partial charge in [-0.25, -0.2) is 5.48 Å². The molecule has 0 saturated heterocycles. The number of likely N-dealkylation sites (N-methyl/N-ethyl adjacent to an activating group) is 1. The number of unbranched alkanes of at least 4 members (excludes halogenated alkanes) is 2. The summed E-state index contributed by atoms with van der Waals surface area (Å²) in [5.41, 5.74) is 4.61. The summed E-state index contributed by atoms with van der Waals surface area (Å²) in [6.45, 7) is 11.4. The highest BCUT2D eigenvalue weighted by molar-refractivity contribution is 5.91. The molecule has 4 N–H and O–H groups in total. The minimum Gasteiger partial charge on any atom is -0.383 e. The van der Waals surface area contributed by atoms with Crippen LogP contribution in [0.5, 0.6) is 0 Å². The Balaban J connectivity index is 2.78. The van der Waals surface area contributed by atoms with E-state index in [0.717, 1.165) is 56.1 Å². The van der Waals surface area contributed by atoms with Crippen molar-refractivity contribution in [1.82, 2.24) is 10.4 Å². The summed E-state index contributed by atoms with van der Waals surface area (Å²) in [5.74, 6) is -0.538. The van der Waals surface area contributed by atoms with Gasteiger partial charge >= 0.3 is 0 Å². The van der Waals surface area contributed by atoms with Gasteiger partial charge in [0.2, 0.25) is 0 Å². The first-order chi connectivity index (χ1) is 12.6. The lowest BCUT2D eigenvalue weighted by Crippen LogP contribution is -2.28. The van der Waals surface area contributed by atoms with E-state index in [-0.39, 0.29) is 0 Å². The van der Waals surface area contributed by atoms with Crippen LogP contribution in [0.2, 0.25) is 0 Å². The van der Waals surface area contributed by atoms with E-state index in [1.54, 1.807) is 11.6 Å². The standard InChI is InChI=1S/C20H34N4O2/c1-4-7-8-13-21-19-16-17(10-12-20(25)23-26)9-11-18(19)22-14-15-24(5-2)6-3/h9-12,16,21-22,26H,4-8,13-15H2,1-3H3,(H,23,25)/b12-10+. The Hall–Kier alpha value is -2.05. The third kappa shape index (κ3) is 8.36. The predicted molar refractivity (Wildman–Crippen MR) is 110 cm³/mol. The fraction of sp³-hybridized carbons (Fsp3) is 0.550. The van der Waals surface area contributed by atoms with Gasteiger partial charge in [-0.05, 0) is 43.3 Å². The SMILES string of the molecule is CCCCCNc1cc(/C=C/C(=O)NO)ccc1NCCN(CC)CC. The Morgan fingerprint density at radius 1 is 1.08 bits per heavy atom. The molecule has 0 aromatic heterocycles. The van der Waals surface area contributed by atoms with Gasteiger partial charge in [-0.3, -0.25) is 10.0 Å². The summed E-state index contributed by atoms with van der Waals surface area (Å²) in [6, 6.07) is 6.01. The van der Waals surface area contributed by atoms with E-state index in [1.165, 1.54) is 18.9 Å². The second kappa shape index (κ2) is 13.2. The first-order valence-corrected chi connectivity index (χ1v) is 9.60. The molecule has 0 fully saturated rings. The van der Waals surface area contributed by atoms with Gasteiger partial charge in [-0.15, -0.1) is 0 Å². The number of benzene rings is 1. The van der Waals surface area contributed by atoms with Crippen LogP contribution >= 0.6 is 0 Å². The highest BCUT2D eigenvalue weighted by atomic mass is 16.5. The van der Waals surface area contributed by atoms with Crippen LogP contribution in [-0.4, -0.2) is 48.7 Å². The largest absolute Gasteiger partial charge is 0.383 e. The van der Waals surface area contributed by atoms with Gasteiger partial charge in [0.1, 0.15) is 0 Å². The molecule has 0 atom stereocenters. The maximum absolute atomic E-state index is 11.2. The molecule has 1 aromatic carbocycles. The van der Waals surface area contributed by atoms with Crippen molar-refractivity contribution in [3.8, 4) is 0 Å². The van der Waals surface area contributed by atoms with Crippen LogP contribution in [0.1, 0.15) is 45.6 Å². The molecule has 0 unspecified atom stereocenters. The molecule has 1 aromatic rings. The van der Waals surface area contributed by atoms with Crippen molar-refractivity contribution in [2.75, 3.05) is 43.4 Å². The highest BCUT2D eigenvalue weighted by Gasteiger charge is 2.05. The number of hydrogen-bond donors (Lipinski definition) is 4. The number of hydrogen-bond acceptors (Lipinski definition) is 5. The van der Waals surface area contributed by atoms with E-state index >= 15 is 0 Å². The lowest BCUT2D eigenvalue weighted by atomic mass is 10.1. The van der Waals surface area contributed by atoms with Crippen LogP contribution in [0.25, 0.3) is 6.08 Å². The zero-order valence-electron chi connectivity index (χ0n) is 16.3. The number of nitrogens with zero attached hydrogens (tertiary/aromatic N) is 1. The monoisotopic (exact) mass is 362 g/mol. The van der Waals surface area contributed by atoms with Gasteiger partial charge in [0, 0.05) is 25.7 Å². The Kier molecular flexibility index (Phi) is 11.2. The Bertz CT molecular complexity index is 557. The highest BCUT2D eigenvalue weighted by Crippen LogP contribution is 2.24. The quantitative estimate of drug-likeness (QED) is 0.187. The number of anilines is 2. The van der Waals surface area contributed by atoms with Crippen LogP contribution in [0.3, 0.4) is 0 Å². The number of carbonyl (C=O) groups excluding carboxylic acids is 1. The summed E-state index contributed by atoms with van der Waals surface area (Å²) < 4.78 is 0. The number of carbonyl (C=O) groups is 1. The lowest BCUT2D eigenvalue weighted by Gasteiger charge is -2.20. The molecule has 1 rings (SSSR count). The van der Waals surface area contributed by atoms with E-state index < -0.39 is 5.91 Å². The molecule has 146 valence electrons. The van der Waals surface area contributed by atoms with E-state index in [4.69, 9.17) is 5.21 Å². The molecule has 0 radical (unpaired) electrons. The number of hydroxylamine groups is 1. The zero-order valence-corrected chi connectivity index (χ0v) is 16.3. The number of amides is 1. The van der Waals surface area contributed by atoms with Crippen LogP contribution < -0.4 is 16.1 Å². The topological polar surface area (TPSA) is 76.6 Å². The smallest absolute Gasteiger partial charge is 0.267 e. The lowest BCUT2D eigenvalue weighted by molar-refractivity contribution is -0.124. The average Bonchev–Trinajstić information content (AvgIpc) is 2.67. The zero-order chi connectivity index (χ0) is 19.2. The minimum absolute atomic E-state index is 0.538. The summed E-state index contributed by atoms with van der Waals surface area (Å²) in [5, 5.41) is 15.6. The van der Waals surface area contributed by atoms with Crippen LogP contribution in [-0.2, 0) is 4.79 Å². The second-order valence-corrected chi connectivity index (χ2v) is 6.20. The Morgan fingerprint density at radius 2 is 1.81 bits per heavy atom. The van der Waals surface area contributed by atoms with Gasteiger partial charge in [-0.1, -0.05) is 39.7 Å². The molecule has 0 aliphatic heterocycles. The normalized spacial score (nSPS) is 11.1. The van der Waals surface area contributed by atoms with Gasteiger partial charge < -0.3 is 15.5 Å². The molecule has 0 spiro atoms. The van der Waals surface area contributed by atoms with Crippen molar-refractivity contribution >= 4 is 23.4 Å². The number of rotatable bonds is 13. The van der Waals surface area contributed by atoms with E-state index in [1.807, 2.05) is 18.2 Å². The van der Waals surface area contributed by atoms with Crippen molar-refractivity contribution in [2.24, 2.45) is 0 Å². The molecule has 0 bridgehead atoms. The summed E-state index contributed by atoms with van der Waals surface area (Å²) in [7, 11) is 0. The van der Waals surface area contributed by atoms with Crippen molar-refractivity contribution < 1.29 is 10.0 Å². The summed E-state index contributed by atoms with van der Waals surface area (Å²) >= 11 is 0. The second-order valence-electron chi connectivity index (χ2n) is 6.20. The van der Waals surface area contributed by atoms with Crippen LogP contribution in [0.15, 0.2) is 24.3 Å². The van der Waals surface area contributed by atoms with Gasteiger partial charge in [-0.2, -0.15) is 0 Å². The number of nitrogens with one attached hydrogen (secondary N) is 3. The molecule has 0 saturated carbocycles. The molecular weight excluding hydrogens is 328 g/mol. The molecule has 1 amide bonds. The maximum atomic E-state index is 11.2. The third-order valence-corrected chi connectivity index (χ3v) is 4.31. The van der Waals surface area contributed by atoms with Crippen molar-refractivity contribution in [1.29, 1.82) is 0 Å². The predicted octanol–water partition coefficient (Wildman–Crippen LogP) is 3.56. The molecule has 0 heterocycles. The molecular formula is C20H34N4O2. The molecule has 6 heteroatoms. The molecule has 6 nitrogen and oxygen atoms in total. The summed E-state index contributed by atoms with van der Waals surface area (Å²) in [4.78, 5) is 13.5. The van der Waals surface area contributed by atoms with Crippen molar-refractivity contribution in [2.45, 2.75) is 40.0 Å². The van der Waals surface area contributed by atoms with Crippen LogP contribution in [0.4, 0.5) is 11.4 Å². The first-order valence-electron chi connectivity index (χ1n) is 9.60. The fourth-order valence-corrected chi connectivity index (χ4v) is 2.66. The molecule has 0 aliphatic rings. The van der Waals surface area contributed by atoms with Gasteiger partial charge in [0.25, 0.3) is 5.91 Å². The molecule has 0 aliphatic carbocycles. The van der Waals surface area contributed by atoms with E-state index in [2.05, 4.69) is 36.3 Å². The Labute approximate surface area is 157 Å². The first kappa shape index (κ1) is 22.0. The van der Waals surface area contributed by atoms with Crippen molar-refractivity contribution in [3.05, 3.63) is 29.8 Å². The van der Waals surface area contributed by atoms with Crippen molar-refractivity contribution in [3.63, 3.8) is 0 Å². The minimum atomic E-state index is -0.538. The third-order valence-electron chi connectivity index (χ3n) is 4.31. The summed E-state index contributed by atoms with van der Waals surface area (Å²) in [6.07, 6.45) is 6.51. The maximum Gasteiger partial charge on any atom is 0.267 e. The van der Waals surface area contributed by atoms with Crippen LogP contribution in [0, 0.1) is 0 Å². The van der Waals surface area contributed by atoms with E-state index in [0.29, 0.717) is 0 Å². The average molecular weight is 363 g/mol. The fourth-order valence-electron chi connectivity index (χ4n) is 2.66. The van der Waals surface area contributed by atoms with Gasteiger partial charge in [0.05, 0.1) is 11.4 Å². The van der Waals surface area contributed by atoms with Gasteiger partial charge in [0.15, 0.2) is 0 Å². The molecule has 26 heavy (non-hydrogen) atoms. The Morgan fingerprint density at radius 3 is 2.46 bits per heavy atom. The van der Waals surface area contributed by atoms with E-state index in [9.17, 15) is 4.79 Å².